The first-order chi connectivity index (χ1) is 10.0. The summed E-state index contributed by atoms with van der Waals surface area (Å²) in [5.74, 6) is -0.461. The number of esters is 1. The molecule has 0 unspecified atom stereocenters. The molecule has 2 rings (SSSR count). The number of hydrogen-bond acceptors (Lipinski definition) is 4. The Hall–Kier alpha value is -1.36. The van der Waals surface area contributed by atoms with Crippen molar-refractivity contribution >= 4 is 28.2 Å². The minimum absolute atomic E-state index is 0.0573. The number of anilines is 1. The van der Waals surface area contributed by atoms with Crippen LogP contribution in [0.4, 0.5) is 5.00 Å². The second-order valence-electron chi connectivity index (χ2n) is 5.69. The van der Waals surface area contributed by atoms with Gasteiger partial charge in [-0.15, -0.1) is 11.3 Å². The van der Waals surface area contributed by atoms with Gasteiger partial charge in [-0.1, -0.05) is 20.8 Å². The number of carbonyl (C=O) groups excluding carboxylic acids is 2. The zero-order chi connectivity index (χ0) is 15.4. The van der Waals surface area contributed by atoms with Gasteiger partial charge in [-0.2, -0.15) is 0 Å². The van der Waals surface area contributed by atoms with Crippen LogP contribution in [0.15, 0.2) is 0 Å². The summed E-state index contributed by atoms with van der Waals surface area (Å²) < 4.78 is 5.30. The van der Waals surface area contributed by atoms with E-state index >= 15 is 0 Å². The van der Waals surface area contributed by atoms with Gasteiger partial charge in [0.1, 0.15) is 5.00 Å². The lowest BCUT2D eigenvalue weighted by molar-refractivity contribution is -0.118. The molecule has 1 aliphatic carbocycles. The summed E-state index contributed by atoms with van der Waals surface area (Å²) in [5, 5.41) is 3.57. The lowest BCUT2D eigenvalue weighted by Crippen LogP contribution is -2.19. The highest BCUT2D eigenvalue weighted by molar-refractivity contribution is 7.17. The fourth-order valence-electron chi connectivity index (χ4n) is 2.39. The van der Waals surface area contributed by atoms with Gasteiger partial charge in [0.05, 0.1) is 12.2 Å². The molecule has 0 fully saturated rings. The molecule has 0 bridgehead atoms. The highest BCUT2D eigenvalue weighted by Gasteiger charge is 2.27. The van der Waals surface area contributed by atoms with E-state index < -0.39 is 0 Å². The SMILES string of the molecule is CCCOC(=O)c1c(NC(=O)C(C)C)sc2c1CCCC2. The fraction of sp³-hybridized carbons (Fsp3) is 0.625. The summed E-state index contributed by atoms with van der Waals surface area (Å²) in [4.78, 5) is 25.5. The van der Waals surface area contributed by atoms with Gasteiger partial charge in [0, 0.05) is 10.8 Å². The largest absolute Gasteiger partial charge is 0.462 e. The van der Waals surface area contributed by atoms with Crippen LogP contribution in [0.3, 0.4) is 0 Å². The zero-order valence-corrected chi connectivity index (χ0v) is 13.8. The first-order valence-corrected chi connectivity index (χ1v) is 8.48. The third-order valence-corrected chi connectivity index (χ3v) is 4.78. The van der Waals surface area contributed by atoms with Gasteiger partial charge in [0.2, 0.25) is 5.91 Å². The highest BCUT2D eigenvalue weighted by atomic mass is 32.1. The van der Waals surface area contributed by atoms with Crippen LogP contribution in [0.25, 0.3) is 0 Å². The second-order valence-corrected chi connectivity index (χ2v) is 6.80. The molecule has 1 aromatic rings. The summed E-state index contributed by atoms with van der Waals surface area (Å²) in [6.45, 7) is 6.08. The molecule has 1 N–H and O–H groups in total. The number of thiophene rings is 1. The minimum atomic E-state index is -0.296. The van der Waals surface area contributed by atoms with E-state index in [4.69, 9.17) is 4.74 Å². The number of aryl methyl sites for hydroxylation is 1. The van der Waals surface area contributed by atoms with Crippen molar-refractivity contribution in [3.63, 3.8) is 0 Å². The van der Waals surface area contributed by atoms with Crippen molar-refractivity contribution in [2.75, 3.05) is 11.9 Å². The molecule has 0 aromatic carbocycles. The Morgan fingerprint density at radius 2 is 2.00 bits per heavy atom. The van der Waals surface area contributed by atoms with Crippen molar-refractivity contribution in [1.82, 2.24) is 0 Å². The molecule has 0 spiro atoms. The van der Waals surface area contributed by atoms with E-state index in [-0.39, 0.29) is 17.8 Å². The topological polar surface area (TPSA) is 55.4 Å². The van der Waals surface area contributed by atoms with Crippen LogP contribution in [0.5, 0.6) is 0 Å². The second kappa shape index (κ2) is 7.07. The summed E-state index contributed by atoms with van der Waals surface area (Å²) in [6.07, 6.45) is 4.93. The van der Waals surface area contributed by atoms with E-state index in [1.165, 1.54) is 16.2 Å². The molecule has 116 valence electrons. The zero-order valence-electron chi connectivity index (χ0n) is 13.0. The molecular formula is C16H23NO3S. The quantitative estimate of drug-likeness (QED) is 0.842. The van der Waals surface area contributed by atoms with Crippen LogP contribution in [-0.4, -0.2) is 18.5 Å². The Kier molecular flexibility index (Phi) is 5.39. The molecule has 1 amide bonds. The van der Waals surface area contributed by atoms with Gasteiger partial charge in [0.25, 0.3) is 0 Å². The van der Waals surface area contributed by atoms with Crippen molar-refractivity contribution in [2.24, 2.45) is 5.92 Å². The van der Waals surface area contributed by atoms with E-state index in [0.29, 0.717) is 17.2 Å². The number of ether oxygens (including phenoxy) is 1. The van der Waals surface area contributed by atoms with Crippen LogP contribution in [0.1, 0.15) is 60.8 Å². The third-order valence-electron chi connectivity index (χ3n) is 3.57. The Labute approximate surface area is 129 Å². The third kappa shape index (κ3) is 3.64. The number of rotatable bonds is 5. The van der Waals surface area contributed by atoms with Crippen molar-refractivity contribution in [3.05, 3.63) is 16.0 Å². The first kappa shape index (κ1) is 16.0. The van der Waals surface area contributed by atoms with E-state index in [1.54, 1.807) is 0 Å². The van der Waals surface area contributed by atoms with E-state index in [9.17, 15) is 9.59 Å². The highest BCUT2D eigenvalue weighted by Crippen LogP contribution is 2.38. The standard InChI is InChI=1S/C16H23NO3S/c1-4-9-20-16(19)13-11-7-5-6-8-12(11)21-15(13)17-14(18)10(2)3/h10H,4-9H2,1-3H3,(H,17,18). The number of hydrogen-bond donors (Lipinski definition) is 1. The number of amides is 1. The first-order valence-electron chi connectivity index (χ1n) is 7.67. The Balaban J connectivity index is 2.32. The molecule has 1 heterocycles. The van der Waals surface area contributed by atoms with Crippen molar-refractivity contribution in [3.8, 4) is 0 Å². The lowest BCUT2D eigenvalue weighted by Gasteiger charge is -2.13. The molecule has 0 aliphatic heterocycles. The van der Waals surface area contributed by atoms with Gasteiger partial charge in [-0.3, -0.25) is 4.79 Å². The molecule has 5 heteroatoms. The van der Waals surface area contributed by atoms with Crippen LogP contribution in [0, 0.1) is 5.92 Å². The van der Waals surface area contributed by atoms with Gasteiger partial charge in [-0.05, 0) is 37.7 Å². The fourth-order valence-corrected chi connectivity index (χ4v) is 3.67. The maximum atomic E-state index is 12.3. The number of carbonyl (C=O) groups is 2. The van der Waals surface area contributed by atoms with Gasteiger partial charge in [0.15, 0.2) is 0 Å². The monoisotopic (exact) mass is 309 g/mol. The van der Waals surface area contributed by atoms with Crippen molar-refractivity contribution < 1.29 is 14.3 Å². The van der Waals surface area contributed by atoms with Gasteiger partial charge in [-0.25, -0.2) is 4.79 Å². The van der Waals surface area contributed by atoms with Crippen LogP contribution < -0.4 is 5.32 Å². The molecule has 4 nitrogen and oxygen atoms in total. The molecule has 0 radical (unpaired) electrons. The normalized spacial score (nSPS) is 13.9. The predicted octanol–water partition coefficient (Wildman–Crippen LogP) is 3.79. The molecule has 0 saturated heterocycles. The maximum Gasteiger partial charge on any atom is 0.341 e. The molecule has 1 aromatic heterocycles. The molecule has 0 atom stereocenters. The smallest absolute Gasteiger partial charge is 0.341 e. The summed E-state index contributed by atoms with van der Waals surface area (Å²) in [6, 6.07) is 0. The van der Waals surface area contributed by atoms with E-state index in [2.05, 4.69) is 5.32 Å². The summed E-state index contributed by atoms with van der Waals surface area (Å²) >= 11 is 1.54. The molecule has 1 aliphatic rings. The van der Waals surface area contributed by atoms with Crippen LogP contribution >= 0.6 is 11.3 Å². The van der Waals surface area contributed by atoms with Crippen molar-refractivity contribution in [1.29, 1.82) is 0 Å². The predicted molar refractivity (Wildman–Crippen MR) is 85.0 cm³/mol. The average Bonchev–Trinajstić information content (AvgIpc) is 2.82. The summed E-state index contributed by atoms with van der Waals surface area (Å²) in [5.41, 5.74) is 1.68. The van der Waals surface area contributed by atoms with Gasteiger partial charge >= 0.3 is 5.97 Å². The van der Waals surface area contributed by atoms with E-state index in [1.807, 2.05) is 20.8 Å². The molecular weight excluding hydrogens is 286 g/mol. The maximum absolute atomic E-state index is 12.3. The van der Waals surface area contributed by atoms with Gasteiger partial charge < -0.3 is 10.1 Å². The lowest BCUT2D eigenvalue weighted by atomic mass is 9.95. The molecule has 21 heavy (non-hydrogen) atoms. The van der Waals surface area contributed by atoms with Crippen LogP contribution in [0.2, 0.25) is 0 Å². The summed E-state index contributed by atoms with van der Waals surface area (Å²) in [7, 11) is 0. The minimum Gasteiger partial charge on any atom is -0.462 e. The van der Waals surface area contributed by atoms with Crippen molar-refractivity contribution in [2.45, 2.75) is 52.9 Å². The Bertz CT molecular complexity index is 534. The Morgan fingerprint density at radius 1 is 1.29 bits per heavy atom. The number of fused-ring (bicyclic) bond motifs is 1. The number of nitrogens with one attached hydrogen (secondary N) is 1. The average molecular weight is 309 g/mol. The van der Waals surface area contributed by atoms with Crippen LogP contribution in [-0.2, 0) is 22.4 Å². The van der Waals surface area contributed by atoms with E-state index in [0.717, 1.165) is 37.7 Å². The Morgan fingerprint density at radius 3 is 2.67 bits per heavy atom. The molecule has 0 saturated carbocycles.